The van der Waals surface area contributed by atoms with Crippen LogP contribution >= 0.6 is 0 Å². The van der Waals surface area contributed by atoms with Gasteiger partial charge in [-0.1, -0.05) is 19.1 Å². The molecule has 0 spiro atoms. The number of anilines is 1. The number of carbonyl (C=O) groups excluding carboxylic acids is 2. The number of nitrogens with two attached hydrogens (primary N) is 1. The summed E-state index contributed by atoms with van der Waals surface area (Å²) in [5.41, 5.74) is 6.42. The van der Waals surface area contributed by atoms with Gasteiger partial charge in [-0.05, 0) is 12.1 Å². The van der Waals surface area contributed by atoms with Crippen molar-refractivity contribution in [2.24, 2.45) is 11.7 Å². The minimum absolute atomic E-state index is 0.147. The molecule has 5 heteroatoms. The molecule has 3 N–H and O–H groups in total. The van der Waals surface area contributed by atoms with Crippen molar-refractivity contribution in [1.82, 2.24) is 4.90 Å². The first-order valence-corrected chi connectivity index (χ1v) is 5.79. The number of amides is 2. The van der Waals surface area contributed by atoms with Crippen LogP contribution in [-0.4, -0.2) is 37.4 Å². The van der Waals surface area contributed by atoms with E-state index >= 15 is 0 Å². The lowest BCUT2D eigenvalue weighted by molar-refractivity contribution is -0.119. The van der Waals surface area contributed by atoms with Crippen molar-refractivity contribution in [1.29, 1.82) is 0 Å². The molecule has 0 aromatic heterocycles. The number of hydrogen-bond acceptors (Lipinski definition) is 3. The Kier molecular flexibility index (Phi) is 4.85. The van der Waals surface area contributed by atoms with Crippen molar-refractivity contribution in [2.45, 2.75) is 6.92 Å². The molecule has 1 aromatic carbocycles. The van der Waals surface area contributed by atoms with Crippen LogP contribution in [0.3, 0.4) is 0 Å². The first-order valence-electron chi connectivity index (χ1n) is 5.79. The average molecular weight is 249 g/mol. The van der Waals surface area contributed by atoms with E-state index in [-0.39, 0.29) is 24.3 Å². The Morgan fingerprint density at radius 3 is 2.50 bits per heavy atom. The lowest BCUT2D eigenvalue weighted by Crippen LogP contribution is -2.28. The van der Waals surface area contributed by atoms with Crippen LogP contribution in [0, 0.1) is 5.92 Å². The van der Waals surface area contributed by atoms with Crippen LogP contribution in [0.25, 0.3) is 0 Å². The first-order chi connectivity index (χ1) is 8.47. The van der Waals surface area contributed by atoms with Gasteiger partial charge < -0.3 is 16.0 Å². The Morgan fingerprint density at radius 1 is 1.33 bits per heavy atom. The Hall–Kier alpha value is -1.88. The topological polar surface area (TPSA) is 75.4 Å². The maximum absolute atomic E-state index is 11.9. The van der Waals surface area contributed by atoms with E-state index < -0.39 is 0 Å². The summed E-state index contributed by atoms with van der Waals surface area (Å²) in [6.45, 7) is 2.02. The number of rotatable bonds is 4. The number of benzene rings is 1. The van der Waals surface area contributed by atoms with Crippen molar-refractivity contribution >= 4 is 17.5 Å². The number of nitrogens with zero attached hydrogens (tertiary/aromatic N) is 1. The Balaban J connectivity index is 2.96. The van der Waals surface area contributed by atoms with Crippen LogP contribution in [0.1, 0.15) is 17.3 Å². The largest absolute Gasteiger partial charge is 0.345 e. The third-order valence-corrected chi connectivity index (χ3v) is 2.62. The van der Waals surface area contributed by atoms with Gasteiger partial charge in [0.1, 0.15) is 0 Å². The minimum Gasteiger partial charge on any atom is -0.345 e. The maximum atomic E-state index is 11.9. The molecule has 0 bridgehead atoms. The van der Waals surface area contributed by atoms with E-state index in [1.54, 1.807) is 45.3 Å². The Bertz CT molecular complexity index is 444. The van der Waals surface area contributed by atoms with E-state index in [1.165, 1.54) is 4.90 Å². The molecule has 0 heterocycles. The molecule has 18 heavy (non-hydrogen) atoms. The highest BCUT2D eigenvalue weighted by Crippen LogP contribution is 2.17. The average Bonchev–Trinajstić information content (AvgIpc) is 2.37. The van der Waals surface area contributed by atoms with E-state index in [9.17, 15) is 9.59 Å². The predicted molar refractivity (Wildman–Crippen MR) is 71.3 cm³/mol. The smallest absolute Gasteiger partial charge is 0.255 e. The molecule has 5 nitrogen and oxygen atoms in total. The molecule has 0 saturated heterocycles. The summed E-state index contributed by atoms with van der Waals surface area (Å²) in [6.07, 6.45) is 0. The molecular formula is C13H19N3O2. The highest BCUT2D eigenvalue weighted by atomic mass is 16.2. The zero-order chi connectivity index (χ0) is 13.7. The summed E-state index contributed by atoms with van der Waals surface area (Å²) >= 11 is 0. The van der Waals surface area contributed by atoms with Crippen LogP contribution in [0.4, 0.5) is 5.69 Å². The molecule has 98 valence electrons. The molecule has 0 radical (unpaired) electrons. The zero-order valence-corrected chi connectivity index (χ0v) is 10.9. The van der Waals surface area contributed by atoms with Gasteiger partial charge in [-0.15, -0.1) is 0 Å². The molecule has 1 atom stereocenters. The van der Waals surface area contributed by atoms with Gasteiger partial charge in [0.2, 0.25) is 5.91 Å². The second kappa shape index (κ2) is 6.16. The van der Waals surface area contributed by atoms with Crippen molar-refractivity contribution in [3.05, 3.63) is 29.8 Å². The Labute approximate surface area is 107 Å². The zero-order valence-electron chi connectivity index (χ0n) is 10.9. The van der Waals surface area contributed by atoms with Gasteiger partial charge >= 0.3 is 0 Å². The van der Waals surface area contributed by atoms with Gasteiger partial charge in [0, 0.05) is 26.6 Å². The van der Waals surface area contributed by atoms with Gasteiger partial charge in [-0.2, -0.15) is 0 Å². The first kappa shape index (κ1) is 14.2. The second-order valence-corrected chi connectivity index (χ2v) is 4.37. The van der Waals surface area contributed by atoms with Gasteiger partial charge in [0.05, 0.1) is 11.3 Å². The highest BCUT2D eigenvalue weighted by molar-refractivity contribution is 6.03. The van der Waals surface area contributed by atoms with Crippen molar-refractivity contribution < 1.29 is 9.59 Å². The molecule has 0 fully saturated rings. The fourth-order valence-electron chi connectivity index (χ4n) is 1.38. The van der Waals surface area contributed by atoms with Gasteiger partial charge in [0.25, 0.3) is 5.91 Å². The fraction of sp³-hybridized carbons (Fsp3) is 0.385. The van der Waals surface area contributed by atoms with E-state index in [2.05, 4.69) is 5.32 Å². The summed E-state index contributed by atoms with van der Waals surface area (Å²) in [5.74, 6) is -0.615. The molecule has 1 aromatic rings. The van der Waals surface area contributed by atoms with E-state index in [0.29, 0.717) is 11.3 Å². The molecule has 0 aliphatic heterocycles. The molecule has 0 saturated carbocycles. The van der Waals surface area contributed by atoms with E-state index in [4.69, 9.17) is 5.73 Å². The van der Waals surface area contributed by atoms with Crippen LogP contribution in [0.2, 0.25) is 0 Å². The molecule has 1 rings (SSSR count). The third-order valence-electron chi connectivity index (χ3n) is 2.62. The maximum Gasteiger partial charge on any atom is 0.255 e. The second-order valence-electron chi connectivity index (χ2n) is 4.37. The molecule has 2 amide bonds. The summed E-state index contributed by atoms with van der Waals surface area (Å²) < 4.78 is 0. The van der Waals surface area contributed by atoms with Crippen molar-refractivity contribution in [3.63, 3.8) is 0 Å². The summed E-state index contributed by atoms with van der Waals surface area (Å²) in [7, 11) is 3.34. The van der Waals surface area contributed by atoms with Crippen LogP contribution in [-0.2, 0) is 4.79 Å². The van der Waals surface area contributed by atoms with E-state index in [1.807, 2.05) is 0 Å². The quantitative estimate of drug-likeness (QED) is 0.833. The van der Waals surface area contributed by atoms with Crippen molar-refractivity contribution in [2.75, 3.05) is 26.0 Å². The number of hydrogen-bond donors (Lipinski definition) is 2. The minimum atomic E-state index is -0.285. The molecule has 0 aliphatic rings. The van der Waals surface area contributed by atoms with Crippen molar-refractivity contribution in [3.8, 4) is 0 Å². The molecule has 0 aliphatic carbocycles. The summed E-state index contributed by atoms with van der Waals surface area (Å²) in [4.78, 5) is 25.2. The number of carbonyl (C=O) groups is 2. The Morgan fingerprint density at radius 2 is 1.94 bits per heavy atom. The molecule has 1 unspecified atom stereocenters. The summed E-state index contributed by atoms with van der Waals surface area (Å²) in [5, 5.41) is 2.73. The number of para-hydroxylation sites is 1. The summed E-state index contributed by atoms with van der Waals surface area (Å²) in [6, 6.07) is 6.93. The highest BCUT2D eigenvalue weighted by Gasteiger charge is 2.16. The normalized spacial score (nSPS) is 11.8. The fourth-order valence-corrected chi connectivity index (χ4v) is 1.38. The van der Waals surface area contributed by atoms with Crippen LogP contribution < -0.4 is 11.1 Å². The lowest BCUT2D eigenvalue weighted by atomic mass is 10.1. The van der Waals surface area contributed by atoms with Gasteiger partial charge in [-0.3, -0.25) is 9.59 Å². The molecular weight excluding hydrogens is 230 g/mol. The third kappa shape index (κ3) is 3.30. The lowest BCUT2D eigenvalue weighted by Gasteiger charge is -2.16. The van der Waals surface area contributed by atoms with Gasteiger partial charge in [0.15, 0.2) is 0 Å². The van der Waals surface area contributed by atoms with Crippen LogP contribution in [0.15, 0.2) is 24.3 Å². The standard InChI is InChI=1S/C13H19N3O2/c1-9(8-14)12(17)15-11-7-5-4-6-10(11)13(18)16(2)3/h4-7,9H,8,14H2,1-3H3,(H,15,17). The monoisotopic (exact) mass is 249 g/mol. The predicted octanol–water partition coefficient (Wildman–Crippen LogP) is 0.922. The van der Waals surface area contributed by atoms with E-state index in [0.717, 1.165) is 0 Å². The van der Waals surface area contributed by atoms with Crippen LogP contribution in [0.5, 0.6) is 0 Å². The SMILES string of the molecule is CC(CN)C(=O)Nc1ccccc1C(=O)N(C)C. The number of nitrogens with one attached hydrogen (secondary N) is 1. The van der Waals surface area contributed by atoms with Gasteiger partial charge in [-0.25, -0.2) is 0 Å².